The maximum atomic E-state index is 12.3. The van der Waals surface area contributed by atoms with E-state index in [1.807, 2.05) is 0 Å². The highest BCUT2D eigenvalue weighted by Crippen LogP contribution is 2.26. The van der Waals surface area contributed by atoms with Crippen LogP contribution >= 0.6 is 0 Å². The second-order valence-corrected chi connectivity index (χ2v) is 3.57. The van der Waals surface area contributed by atoms with E-state index in [-0.39, 0.29) is 12.2 Å². The fraction of sp³-hybridized carbons (Fsp3) is 0.300. The van der Waals surface area contributed by atoms with Crippen molar-refractivity contribution in [2.24, 2.45) is 5.73 Å². The van der Waals surface area contributed by atoms with Gasteiger partial charge < -0.3 is 10.5 Å². The Balaban J connectivity index is 2.34. The van der Waals surface area contributed by atoms with Gasteiger partial charge in [-0.05, 0) is 0 Å². The van der Waals surface area contributed by atoms with Gasteiger partial charge in [0.25, 0.3) is 0 Å². The van der Waals surface area contributed by atoms with Gasteiger partial charge in [-0.15, -0.1) is 5.10 Å². The summed E-state index contributed by atoms with van der Waals surface area (Å²) in [4.78, 5) is 6.50. The number of nitrogens with two attached hydrogens (primary N) is 1. The molecule has 0 saturated heterocycles. The number of alkyl halides is 3. The molecule has 0 atom stereocenters. The molecule has 2 rings (SSSR count). The summed E-state index contributed by atoms with van der Waals surface area (Å²) in [5, 5.41) is 4.01. The highest BCUT2D eigenvalue weighted by atomic mass is 19.4. The van der Waals surface area contributed by atoms with Crippen LogP contribution in [0.15, 0.2) is 18.6 Å². The van der Waals surface area contributed by atoms with Gasteiger partial charge in [-0.3, -0.25) is 0 Å². The van der Waals surface area contributed by atoms with Crippen molar-refractivity contribution in [3.8, 4) is 11.6 Å². The van der Waals surface area contributed by atoms with E-state index in [2.05, 4.69) is 15.1 Å². The summed E-state index contributed by atoms with van der Waals surface area (Å²) in [5.74, 6) is -0.892. The van der Waals surface area contributed by atoms with Gasteiger partial charge >= 0.3 is 6.18 Å². The minimum Gasteiger partial charge on any atom is -0.480 e. The van der Waals surface area contributed by atoms with E-state index in [1.54, 1.807) is 6.20 Å². The summed E-state index contributed by atoms with van der Waals surface area (Å²) in [7, 11) is 1.43. The van der Waals surface area contributed by atoms with Crippen LogP contribution in [0.2, 0.25) is 0 Å². The zero-order valence-corrected chi connectivity index (χ0v) is 9.85. The number of halogens is 3. The SMILES string of the molecule is COc1nn(-c2cnc(C(F)(F)F)nc2)cc1CN. The molecule has 0 aliphatic heterocycles. The maximum Gasteiger partial charge on any atom is 0.451 e. The van der Waals surface area contributed by atoms with Gasteiger partial charge in [-0.25, -0.2) is 14.6 Å². The summed E-state index contributed by atoms with van der Waals surface area (Å²) in [6.45, 7) is 0.199. The van der Waals surface area contributed by atoms with Crippen molar-refractivity contribution < 1.29 is 17.9 Å². The quantitative estimate of drug-likeness (QED) is 0.907. The Labute approximate surface area is 106 Å². The average Bonchev–Trinajstić information content (AvgIpc) is 2.81. The van der Waals surface area contributed by atoms with Crippen molar-refractivity contribution in [2.75, 3.05) is 7.11 Å². The number of aromatic nitrogens is 4. The van der Waals surface area contributed by atoms with Gasteiger partial charge in [-0.2, -0.15) is 13.2 Å². The Morgan fingerprint density at radius 2 is 1.95 bits per heavy atom. The molecule has 0 unspecified atom stereocenters. The molecule has 0 bridgehead atoms. The third-order valence-corrected chi connectivity index (χ3v) is 2.32. The Hall–Kier alpha value is -2.16. The molecule has 0 aliphatic rings. The monoisotopic (exact) mass is 273 g/mol. The number of hydrogen-bond acceptors (Lipinski definition) is 5. The summed E-state index contributed by atoms with van der Waals surface area (Å²) >= 11 is 0. The lowest BCUT2D eigenvalue weighted by atomic mass is 10.3. The molecule has 2 heterocycles. The van der Waals surface area contributed by atoms with E-state index in [1.165, 1.54) is 11.8 Å². The first kappa shape index (κ1) is 13.3. The van der Waals surface area contributed by atoms with E-state index >= 15 is 0 Å². The van der Waals surface area contributed by atoms with Crippen molar-refractivity contribution >= 4 is 0 Å². The molecule has 2 N–H and O–H groups in total. The van der Waals surface area contributed by atoms with Crippen molar-refractivity contribution in [3.05, 3.63) is 30.0 Å². The predicted octanol–water partition coefficient (Wildman–Crippen LogP) is 1.15. The average molecular weight is 273 g/mol. The Morgan fingerprint density at radius 3 is 2.37 bits per heavy atom. The first-order valence-corrected chi connectivity index (χ1v) is 5.18. The van der Waals surface area contributed by atoms with Crippen molar-refractivity contribution in [3.63, 3.8) is 0 Å². The third kappa shape index (κ3) is 2.65. The van der Waals surface area contributed by atoms with Crippen LogP contribution in [0.4, 0.5) is 13.2 Å². The largest absolute Gasteiger partial charge is 0.480 e. The van der Waals surface area contributed by atoms with Crippen molar-refractivity contribution in [1.82, 2.24) is 19.7 Å². The Morgan fingerprint density at radius 1 is 1.32 bits per heavy atom. The molecular formula is C10H10F3N5O. The zero-order valence-electron chi connectivity index (χ0n) is 9.85. The fourth-order valence-electron chi connectivity index (χ4n) is 1.42. The molecule has 6 nitrogen and oxygen atoms in total. The van der Waals surface area contributed by atoms with Gasteiger partial charge in [0.2, 0.25) is 11.7 Å². The normalized spacial score (nSPS) is 11.6. The molecule has 0 aliphatic carbocycles. The second-order valence-electron chi connectivity index (χ2n) is 3.57. The molecule has 0 saturated carbocycles. The molecule has 2 aromatic heterocycles. The fourth-order valence-corrected chi connectivity index (χ4v) is 1.42. The summed E-state index contributed by atoms with van der Waals surface area (Å²) in [6, 6.07) is 0. The molecular weight excluding hydrogens is 263 g/mol. The van der Waals surface area contributed by atoms with Gasteiger partial charge in [0.1, 0.15) is 5.69 Å². The second kappa shape index (κ2) is 4.84. The van der Waals surface area contributed by atoms with Crippen LogP contribution in [0.5, 0.6) is 5.88 Å². The minimum absolute atomic E-state index is 0.199. The highest BCUT2D eigenvalue weighted by Gasteiger charge is 2.34. The lowest BCUT2D eigenvalue weighted by molar-refractivity contribution is -0.145. The van der Waals surface area contributed by atoms with Crippen LogP contribution < -0.4 is 10.5 Å². The molecule has 0 fully saturated rings. The van der Waals surface area contributed by atoms with E-state index in [0.29, 0.717) is 11.4 Å². The van der Waals surface area contributed by atoms with E-state index in [0.717, 1.165) is 12.4 Å². The van der Waals surface area contributed by atoms with Crippen molar-refractivity contribution in [2.45, 2.75) is 12.7 Å². The molecule has 0 amide bonds. The van der Waals surface area contributed by atoms with Crippen LogP contribution in [0.1, 0.15) is 11.4 Å². The van der Waals surface area contributed by atoms with Gasteiger partial charge in [0, 0.05) is 18.3 Å². The highest BCUT2D eigenvalue weighted by molar-refractivity contribution is 5.31. The van der Waals surface area contributed by atoms with Crippen LogP contribution in [0, 0.1) is 0 Å². The molecule has 9 heteroatoms. The first-order valence-electron chi connectivity index (χ1n) is 5.18. The lowest BCUT2D eigenvalue weighted by Crippen LogP contribution is -2.11. The Bertz CT molecular complexity index is 542. The van der Waals surface area contributed by atoms with Gasteiger partial charge in [0.05, 0.1) is 19.5 Å². The molecule has 0 radical (unpaired) electrons. The number of rotatable bonds is 3. The Kier molecular flexibility index (Phi) is 3.38. The van der Waals surface area contributed by atoms with Crippen LogP contribution in [-0.4, -0.2) is 26.9 Å². The van der Waals surface area contributed by atoms with E-state index in [9.17, 15) is 13.2 Å². The van der Waals surface area contributed by atoms with Crippen LogP contribution in [-0.2, 0) is 12.7 Å². The number of nitrogens with zero attached hydrogens (tertiary/aromatic N) is 4. The number of ether oxygens (including phenoxy) is 1. The van der Waals surface area contributed by atoms with Crippen molar-refractivity contribution in [1.29, 1.82) is 0 Å². The third-order valence-electron chi connectivity index (χ3n) is 2.32. The summed E-state index contributed by atoms with van der Waals surface area (Å²) < 4.78 is 43.2. The standard InChI is InChI=1S/C10H10F3N5O/c1-19-8-6(2-14)5-18(17-8)7-3-15-9(16-4-7)10(11,12)13/h3-5H,2,14H2,1H3. The van der Waals surface area contributed by atoms with Crippen LogP contribution in [0.3, 0.4) is 0 Å². The van der Waals surface area contributed by atoms with Gasteiger partial charge in [0.15, 0.2) is 0 Å². The van der Waals surface area contributed by atoms with Crippen LogP contribution in [0.25, 0.3) is 5.69 Å². The van der Waals surface area contributed by atoms with Gasteiger partial charge in [-0.1, -0.05) is 0 Å². The van der Waals surface area contributed by atoms with E-state index in [4.69, 9.17) is 10.5 Å². The summed E-state index contributed by atoms with van der Waals surface area (Å²) in [6.07, 6.45) is -0.960. The zero-order chi connectivity index (χ0) is 14.0. The maximum absolute atomic E-state index is 12.3. The molecule has 102 valence electrons. The first-order chi connectivity index (χ1) is 8.95. The smallest absolute Gasteiger partial charge is 0.451 e. The molecule has 0 aromatic carbocycles. The molecule has 19 heavy (non-hydrogen) atoms. The summed E-state index contributed by atoms with van der Waals surface area (Å²) in [5.41, 5.74) is 6.40. The number of methoxy groups -OCH3 is 1. The van der Waals surface area contributed by atoms with E-state index < -0.39 is 12.0 Å². The minimum atomic E-state index is -4.57. The lowest BCUT2D eigenvalue weighted by Gasteiger charge is -2.05. The topological polar surface area (TPSA) is 78.8 Å². The molecule has 2 aromatic rings. The predicted molar refractivity (Wildman–Crippen MR) is 58.6 cm³/mol. The molecule has 0 spiro atoms. The number of hydrogen-bond donors (Lipinski definition) is 1.